The van der Waals surface area contributed by atoms with Gasteiger partial charge in [-0.3, -0.25) is 10.1 Å². The Balaban J connectivity index is 1.92. The molecular weight excluding hydrogens is 228 g/mol. The quantitative estimate of drug-likeness (QED) is 0.657. The lowest BCUT2D eigenvalue weighted by atomic mass is 9.90. The molecule has 0 saturated heterocycles. The molecule has 2 rings (SSSR count). The highest BCUT2D eigenvalue weighted by Crippen LogP contribution is 2.35. The average molecular weight is 248 g/mol. The summed E-state index contributed by atoms with van der Waals surface area (Å²) in [7, 11) is 0. The van der Waals surface area contributed by atoms with Gasteiger partial charge in [-0.15, -0.1) is 0 Å². The summed E-state index contributed by atoms with van der Waals surface area (Å²) in [5.74, 6) is 0.729. The van der Waals surface area contributed by atoms with Crippen LogP contribution in [0.25, 0.3) is 0 Å². The smallest absolute Gasteiger partial charge is 0.269 e. The van der Waals surface area contributed by atoms with Gasteiger partial charge in [-0.25, -0.2) is 0 Å². The molecular formula is C14H20N2O2. The van der Waals surface area contributed by atoms with Crippen LogP contribution in [0.1, 0.15) is 38.2 Å². The van der Waals surface area contributed by atoms with Crippen molar-refractivity contribution in [3.8, 4) is 0 Å². The lowest BCUT2D eigenvalue weighted by Crippen LogP contribution is -2.37. The summed E-state index contributed by atoms with van der Waals surface area (Å²) in [4.78, 5) is 10.2. The van der Waals surface area contributed by atoms with Gasteiger partial charge < -0.3 is 5.73 Å². The van der Waals surface area contributed by atoms with Gasteiger partial charge in [-0.2, -0.15) is 0 Å². The van der Waals surface area contributed by atoms with Crippen LogP contribution in [0.15, 0.2) is 24.3 Å². The number of nitrogens with zero attached hydrogens (tertiary/aromatic N) is 1. The van der Waals surface area contributed by atoms with Crippen molar-refractivity contribution in [1.29, 1.82) is 0 Å². The van der Waals surface area contributed by atoms with Crippen molar-refractivity contribution in [3.05, 3.63) is 39.9 Å². The first-order valence-corrected chi connectivity index (χ1v) is 6.51. The minimum atomic E-state index is -0.368. The molecule has 4 nitrogen and oxygen atoms in total. The number of hydrogen-bond acceptors (Lipinski definition) is 3. The van der Waals surface area contributed by atoms with Gasteiger partial charge in [-0.1, -0.05) is 19.1 Å². The lowest BCUT2D eigenvalue weighted by molar-refractivity contribution is -0.384. The highest BCUT2D eigenvalue weighted by atomic mass is 16.6. The fraction of sp³-hybridized carbons (Fsp3) is 0.571. The summed E-state index contributed by atoms with van der Waals surface area (Å²) in [6, 6.07) is 6.80. The molecule has 1 fully saturated rings. The Hall–Kier alpha value is -1.42. The Labute approximate surface area is 107 Å². The highest BCUT2D eigenvalue weighted by Gasteiger charge is 2.32. The molecule has 1 saturated carbocycles. The number of hydrogen-bond donors (Lipinski definition) is 1. The predicted octanol–water partition coefficient (Wildman–Crippen LogP) is 3.04. The molecule has 18 heavy (non-hydrogen) atoms. The first-order chi connectivity index (χ1) is 8.48. The van der Waals surface area contributed by atoms with Crippen molar-refractivity contribution in [2.24, 2.45) is 11.7 Å². The molecule has 1 aromatic rings. The molecule has 1 aromatic carbocycles. The second-order valence-corrected chi connectivity index (χ2v) is 5.63. The van der Waals surface area contributed by atoms with E-state index < -0.39 is 0 Å². The molecule has 2 atom stereocenters. The predicted molar refractivity (Wildman–Crippen MR) is 71.4 cm³/mol. The Morgan fingerprint density at radius 1 is 1.44 bits per heavy atom. The molecule has 0 spiro atoms. The molecule has 1 aliphatic carbocycles. The minimum absolute atomic E-state index is 0.0266. The van der Waals surface area contributed by atoms with E-state index in [4.69, 9.17) is 5.73 Å². The van der Waals surface area contributed by atoms with Gasteiger partial charge in [0, 0.05) is 17.7 Å². The Kier molecular flexibility index (Phi) is 3.66. The van der Waals surface area contributed by atoms with E-state index in [1.807, 2.05) is 12.1 Å². The third-order valence-electron chi connectivity index (χ3n) is 3.95. The first-order valence-electron chi connectivity index (χ1n) is 6.51. The topological polar surface area (TPSA) is 69.2 Å². The summed E-state index contributed by atoms with van der Waals surface area (Å²) in [5.41, 5.74) is 7.62. The maximum absolute atomic E-state index is 10.6. The lowest BCUT2D eigenvalue weighted by Gasteiger charge is -2.23. The van der Waals surface area contributed by atoms with Crippen LogP contribution in [-0.4, -0.2) is 10.5 Å². The zero-order valence-corrected chi connectivity index (χ0v) is 10.8. The fourth-order valence-electron chi connectivity index (χ4n) is 2.84. The largest absolute Gasteiger partial charge is 0.325 e. The van der Waals surface area contributed by atoms with Crippen LogP contribution in [0.3, 0.4) is 0 Å². The van der Waals surface area contributed by atoms with Crippen LogP contribution < -0.4 is 5.73 Å². The summed E-state index contributed by atoms with van der Waals surface area (Å²) in [6.07, 6.45) is 5.29. The van der Waals surface area contributed by atoms with Crippen LogP contribution in [0.5, 0.6) is 0 Å². The molecule has 2 unspecified atom stereocenters. The number of nitrogens with two attached hydrogens (primary N) is 1. The summed E-state index contributed by atoms with van der Waals surface area (Å²) in [6.45, 7) is 2.25. The Bertz CT molecular complexity index is 430. The Morgan fingerprint density at radius 2 is 2.11 bits per heavy atom. The van der Waals surface area contributed by atoms with Crippen LogP contribution in [0, 0.1) is 16.0 Å². The van der Waals surface area contributed by atoms with E-state index in [-0.39, 0.29) is 16.1 Å². The first kappa shape index (κ1) is 13.0. The van der Waals surface area contributed by atoms with E-state index in [9.17, 15) is 10.1 Å². The molecule has 2 N–H and O–H groups in total. The molecule has 98 valence electrons. The zero-order valence-electron chi connectivity index (χ0n) is 10.8. The third-order valence-corrected chi connectivity index (χ3v) is 3.95. The number of rotatable bonds is 4. The van der Waals surface area contributed by atoms with E-state index in [0.717, 1.165) is 37.2 Å². The van der Waals surface area contributed by atoms with E-state index in [1.165, 1.54) is 6.42 Å². The van der Waals surface area contributed by atoms with E-state index in [1.54, 1.807) is 12.1 Å². The van der Waals surface area contributed by atoms with Crippen molar-refractivity contribution in [2.75, 3.05) is 0 Å². The van der Waals surface area contributed by atoms with Crippen LogP contribution in [0.2, 0.25) is 0 Å². The molecule has 0 bridgehead atoms. The highest BCUT2D eigenvalue weighted by molar-refractivity contribution is 5.33. The van der Waals surface area contributed by atoms with Gasteiger partial charge in [0.2, 0.25) is 0 Å². The van der Waals surface area contributed by atoms with Crippen molar-refractivity contribution in [3.63, 3.8) is 0 Å². The van der Waals surface area contributed by atoms with Crippen LogP contribution in [0.4, 0.5) is 5.69 Å². The monoisotopic (exact) mass is 248 g/mol. The van der Waals surface area contributed by atoms with Gasteiger partial charge in [0.05, 0.1) is 4.92 Å². The third kappa shape index (κ3) is 3.07. The molecule has 4 heteroatoms. The number of nitro groups is 1. The molecule has 0 heterocycles. The molecule has 1 aliphatic rings. The molecule has 0 aliphatic heterocycles. The van der Waals surface area contributed by atoms with Gasteiger partial charge in [0.25, 0.3) is 5.69 Å². The van der Waals surface area contributed by atoms with E-state index in [2.05, 4.69) is 6.92 Å². The zero-order chi connectivity index (χ0) is 13.2. The fourth-order valence-corrected chi connectivity index (χ4v) is 2.84. The van der Waals surface area contributed by atoms with Crippen molar-refractivity contribution >= 4 is 5.69 Å². The molecule has 0 aromatic heterocycles. The second kappa shape index (κ2) is 5.06. The van der Waals surface area contributed by atoms with Gasteiger partial charge >= 0.3 is 0 Å². The number of benzene rings is 1. The summed E-state index contributed by atoms with van der Waals surface area (Å²) in [5, 5.41) is 10.6. The summed E-state index contributed by atoms with van der Waals surface area (Å²) >= 11 is 0. The van der Waals surface area contributed by atoms with Crippen molar-refractivity contribution < 1.29 is 4.92 Å². The second-order valence-electron chi connectivity index (χ2n) is 5.63. The standard InChI is InChI=1S/C14H20N2O2/c1-11-6-8-14(15,10-11)9-7-12-2-4-13(5-3-12)16(17)18/h2-5,11H,6-10,15H2,1H3. The Morgan fingerprint density at radius 3 is 2.61 bits per heavy atom. The number of aryl methyl sites for hydroxylation is 1. The maximum atomic E-state index is 10.6. The van der Waals surface area contributed by atoms with Crippen molar-refractivity contribution in [1.82, 2.24) is 0 Å². The van der Waals surface area contributed by atoms with Gasteiger partial charge in [0.15, 0.2) is 0 Å². The van der Waals surface area contributed by atoms with Gasteiger partial charge in [0.1, 0.15) is 0 Å². The van der Waals surface area contributed by atoms with E-state index >= 15 is 0 Å². The van der Waals surface area contributed by atoms with E-state index in [0.29, 0.717) is 0 Å². The summed E-state index contributed by atoms with van der Waals surface area (Å²) < 4.78 is 0. The average Bonchev–Trinajstić information content (AvgIpc) is 2.68. The van der Waals surface area contributed by atoms with Crippen LogP contribution in [-0.2, 0) is 6.42 Å². The number of nitro benzene ring substituents is 1. The molecule has 0 amide bonds. The van der Waals surface area contributed by atoms with Crippen molar-refractivity contribution in [2.45, 2.75) is 44.6 Å². The maximum Gasteiger partial charge on any atom is 0.269 e. The number of non-ortho nitro benzene ring substituents is 1. The SMILES string of the molecule is CC1CCC(N)(CCc2ccc([N+](=O)[O-])cc2)C1. The molecule has 0 radical (unpaired) electrons. The van der Waals surface area contributed by atoms with Crippen LogP contribution >= 0.6 is 0 Å². The minimum Gasteiger partial charge on any atom is -0.325 e. The van der Waals surface area contributed by atoms with Gasteiger partial charge in [-0.05, 0) is 43.6 Å². The normalized spacial score (nSPS) is 27.3.